The number of thiophene rings is 1. The molecule has 0 aliphatic heterocycles. The summed E-state index contributed by atoms with van der Waals surface area (Å²) < 4.78 is 6.54. The second-order valence-corrected chi connectivity index (χ2v) is 6.29. The van der Waals surface area contributed by atoms with Gasteiger partial charge in [-0.2, -0.15) is 0 Å². The van der Waals surface area contributed by atoms with E-state index in [9.17, 15) is 0 Å². The van der Waals surface area contributed by atoms with Gasteiger partial charge in [0, 0.05) is 19.8 Å². The summed E-state index contributed by atoms with van der Waals surface area (Å²) in [6.07, 6.45) is 3.46. The van der Waals surface area contributed by atoms with Gasteiger partial charge >= 0.3 is 0 Å². The van der Waals surface area contributed by atoms with E-state index in [-0.39, 0.29) is 6.04 Å². The highest BCUT2D eigenvalue weighted by Crippen LogP contribution is 2.34. The third kappa shape index (κ3) is 5.58. The average molecular weight is 296 g/mol. The predicted molar refractivity (Wildman–Crippen MR) is 76.5 cm³/mol. The molecule has 17 heavy (non-hydrogen) atoms. The zero-order valence-corrected chi connectivity index (χ0v) is 12.6. The summed E-state index contributed by atoms with van der Waals surface area (Å²) in [7, 11) is 1.74. The third-order valence-corrected chi connectivity index (χ3v) is 4.14. The van der Waals surface area contributed by atoms with Crippen LogP contribution in [0.15, 0.2) is 6.07 Å². The van der Waals surface area contributed by atoms with Crippen LogP contribution in [0.4, 0.5) is 0 Å². The van der Waals surface area contributed by atoms with E-state index in [1.54, 1.807) is 7.11 Å². The zero-order chi connectivity index (χ0) is 12.7. The van der Waals surface area contributed by atoms with Gasteiger partial charge in [0.2, 0.25) is 0 Å². The van der Waals surface area contributed by atoms with Gasteiger partial charge in [-0.1, -0.05) is 23.2 Å². The highest BCUT2D eigenvalue weighted by atomic mass is 35.5. The summed E-state index contributed by atoms with van der Waals surface area (Å²) in [5.41, 5.74) is 1.10. The molecule has 0 amide bonds. The van der Waals surface area contributed by atoms with Gasteiger partial charge in [0.05, 0.1) is 8.67 Å². The van der Waals surface area contributed by atoms with Crippen molar-refractivity contribution >= 4 is 34.5 Å². The average Bonchev–Trinajstić information content (AvgIpc) is 2.62. The molecule has 1 aromatic rings. The van der Waals surface area contributed by atoms with Gasteiger partial charge in [0.15, 0.2) is 0 Å². The Morgan fingerprint density at radius 3 is 2.71 bits per heavy atom. The molecular formula is C12H19Cl2NOS. The van der Waals surface area contributed by atoms with E-state index >= 15 is 0 Å². The van der Waals surface area contributed by atoms with Crippen molar-refractivity contribution in [3.05, 3.63) is 20.3 Å². The fourth-order valence-corrected chi connectivity index (χ4v) is 3.27. The molecule has 0 spiro atoms. The lowest BCUT2D eigenvalue weighted by atomic mass is 10.1. The van der Waals surface area contributed by atoms with Crippen molar-refractivity contribution in [3.63, 3.8) is 0 Å². The van der Waals surface area contributed by atoms with Gasteiger partial charge in [-0.3, -0.25) is 0 Å². The van der Waals surface area contributed by atoms with E-state index in [2.05, 4.69) is 12.2 Å². The van der Waals surface area contributed by atoms with Crippen molar-refractivity contribution in [2.24, 2.45) is 0 Å². The summed E-state index contributed by atoms with van der Waals surface area (Å²) in [5, 5.41) is 3.45. The van der Waals surface area contributed by atoms with E-state index in [4.69, 9.17) is 27.9 Å². The second-order valence-electron chi connectivity index (χ2n) is 4.01. The molecule has 2 nitrogen and oxygen atoms in total. The number of rotatable bonds is 8. The van der Waals surface area contributed by atoms with E-state index in [1.807, 2.05) is 6.07 Å². The SMILES string of the molecule is COCCCCCNC(C)c1cc(Cl)sc1Cl. The van der Waals surface area contributed by atoms with Crippen LogP contribution in [0.2, 0.25) is 8.67 Å². The van der Waals surface area contributed by atoms with Crippen molar-refractivity contribution in [1.29, 1.82) is 0 Å². The Labute approximate surface area is 117 Å². The molecule has 1 unspecified atom stereocenters. The van der Waals surface area contributed by atoms with Crippen LogP contribution in [0, 0.1) is 0 Å². The lowest BCUT2D eigenvalue weighted by molar-refractivity contribution is 0.192. The Balaban J connectivity index is 2.21. The highest BCUT2D eigenvalue weighted by Gasteiger charge is 2.12. The number of hydrogen-bond acceptors (Lipinski definition) is 3. The van der Waals surface area contributed by atoms with Crippen LogP contribution in [0.3, 0.4) is 0 Å². The molecule has 1 N–H and O–H groups in total. The number of nitrogens with one attached hydrogen (secondary N) is 1. The molecule has 0 bridgehead atoms. The van der Waals surface area contributed by atoms with E-state index in [0.29, 0.717) is 0 Å². The Morgan fingerprint density at radius 1 is 1.35 bits per heavy atom. The minimum absolute atomic E-state index is 0.258. The van der Waals surface area contributed by atoms with Crippen molar-refractivity contribution in [2.75, 3.05) is 20.3 Å². The molecular weight excluding hydrogens is 277 g/mol. The highest BCUT2D eigenvalue weighted by molar-refractivity contribution is 7.20. The largest absolute Gasteiger partial charge is 0.385 e. The maximum Gasteiger partial charge on any atom is 0.0991 e. The molecule has 1 rings (SSSR count). The lowest BCUT2D eigenvalue weighted by Gasteiger charge is -2.12. The van der Waals surface area contributed by atoms with Gasteiger partial charge in [-0.15, -0.1) is 11.3 Å². The molecule has 5 heteroatoms. The number of methoxy groups -OCH3 is 1. The minimum atomic E-state index is 0.258. The van der Waals surface area contributed by atoms with Gasteiger partial charge in [-0.05, 0) is 44.4 Å². The minimum Gasteiger partial charge on any atom is -0.385 e. The quantitative estimate of drug-likeness (QED) is 0.712. The first kappa shape index (κ1) is 15.3. The van der Waals surface area contributed by atoms with Crippen molar-refractivity contribution in [1.82, 2.24) is 5.32 Å². The van der Waals surface area contributed by atoms with Crippen LogP contribution in [-0.2, 0) is 4.74 Å². The first-order valence-electron chi connectivity index (χ1n) is 5.82. The molecule has 0 aliphatic carbocycles. The Morgan fingerprint density at radius 2 is 2.12 bits per heavy atom. The molecule has 0 saturated carbocycles. The number of unbranched alkanes of at least 4 members (excludes halogenated alkanes) is 2. The van der Waals surface area contributed by atoms with Crippen LogP contribution < -0.4 is 5.32 Å². The van der Waals surface area contributed by atoms with Crippen LogP contribution in [0.5, 0.6) is 0 Å². The number of hydrogen-bond donors (Lipinski definition) is 1. The van der Waals surface area contributed by atoms with Crippen LogP contribution in [0.25, 0.3) is 0 Å². The predicted octanol–water partition coefficient (Wildman–Crippen LogP) is 4.52. The standard InChI is InChI=1S/C12H19Cl2NOS/c1-9(10-8-11(13)17-12(10)14)15-6-4-3-5-7-16-2/h8-9,15H,3-7H2,1-2H3. The molecule has 98 valence electrons. The summed E-state index contributed by atoms with van der Waals surface area (Å²) in [6, 6.07) is 2.20. The normalized spacial score (nSPS) is 12.9. The molecule has 1 heterocycles. The fraction of sp³-hybridized carbons (Fsp3) is 0.667. The second kappa shape index (κ2) is 8.33. The molecule has 0 radical (unpaired) electrons. The van der Waals surface area contributed by atoms with Crippen molar-refractivity contribution < 1.29 is 4.74 Å². The van der Waals surface area contributed by atoms with Crippen LogP contribution in [-0.4, -0.2) is 20.3 Å². The first-order chi connectivity index (χ1) is 8.15. The Bertz CT molecular complexity index is 330. The number of ether oxygens (including phenoxy) is 1. The van der Waals surface area contributed by atoms with Crippen molar-refractivity contribution in [2.45, 2.75) is 32.2 Å². The van der Waals surface area contributed by atoms with Gasteiger partial charge in [0.1, 0.15) is 0 Å². The molecule has 1 aromatic heterocycles. The topological polar surface area (TPSA) is 21.3 Å². The summed E-state index contributed by atoms with van der Waals surface area (Å²) in [4.78, 5) is 0. The molecule has 0 saturated heterocycles. The fourth-order valence-electron chi connectivity index (χ4n) is 1.62. The zero-order valence-electron chi connectivity index (χ0n) is 10.3. The molecule has 0 aliphatic rings. The third-order valence-electron chi connectivity index (χ3n) is 2.63. The first-order valence-corrected chi connectivity index (χ1v) is 7.39. The summed E-state index contributed by atoms with van der Waals surface area (Å²) in [5.74, 6) is 0. The van der Waals surface area contributed by atoms with E-state index in [0.717, 1.165) is 40.2 Å². The Kier molecular flexibility index (Phi) is 7.47. The van der Waals surface area contributed by atoms with Gasteiger partial charge < -0.3 is 10.1 Å². The maximum absolute atomic E-state index is 6.10. The van der Waals surface area contributed by atoms with Crippen molar-refractivity contribution in [3.8, 4) is 0 Å². The van der Waals surface area contributed by atoms with E-state index in [1.165, 1.54) is 17.8 Å². The molecule has 1 atom stereocenters. The molecule has 0 fully saturated rings. The van der Waals surface area contributed by atoms with E-state index < -0.39 is 0 Å². The number of halogens is 2. The van der Waals surface area contributed by atoms with Gasteiger partial charge in [0.25, 0.3) is 0 Å². The monoisotopic (exact) mass is 295 g/mol. The molecule has 0 aromatic carbocycles. The van der Waals surface area contributed by atoms with Gasteiger partial charge in [-0.25, -0.2) is 0 Å². The lowest BCUT2D eigenvalue weighted by Crippen LogP contribution is -2.19. The Hall–Kier alpha value is 0.200. The summed E-state index contributed by atoms with van der Waals surface area (Å²) in [6.45, 7) is 3.95. The summed E-state index contributed by atoms with van der Waals surface area (Å²) >= 11 is 13.4. The van der Waals surface area contributed by atoms with Crippen LogP contribution in [0.1, 0.15) is 37.8 Å². The maximum atomic E-state index is 6.10. The smallest absolute Gasteiger partial charge is 0.0991 e. The van der Waals surface area contributed by atoms with Crippen LogP contribution >= 0.6 is 34.5 Å².